The van der Waals surface area contributed by atoms with Crippen LogP contribution < -0.4 is 5.32 Å². The van der Waals surface area contributed by atoms with Gasteiger partial charge < -0.3 is 15.2 Å². The lowest BCUT2D eigenvalue weighted by molar-refractivity contribution is 0.101. The molecule has 2 aromatic carbocycles. The molecule has 1 unspecified atom stereocenters. The Bertz CT molecular complexity index is 1490. The van der Waals surface area contributed by atoms with Crippen LogP contribution in [0.25, 0.3) is 11.0 Å². The number of pyridine rings is 1. The van der Waals surface area contributed by atoms with Crippen molar-refractivity contribution in [3.05, 3.63) is 94.3 Å². The number of H-pyrrole nitrogens is 1. The van der Waals surface area contributed by atoms with Gasteiger partial charge in [-0.25, -0.2) is 4.98 Å². The number of amides is 1. The van der Waals surface area contributed by atoms with E-state index in [0.29, 0.717) is 17.3 Å². The molecule has 202 valence electrons. The number of likely N-dealkylation sites (N-methyl/N-ethyl adjacent to an activating group) is 1. The number of likely N-dealkylation sites (tertiary alicyclic amines) is 1. The first-order valence-electron chi connectivity index (χ1n) is 13.6. The van der Waals surface area contributed by atoms with Gasteiger partial charge >= 0.3 is 0 Å². The number of hydrogen-bond acceptors (Lipinski definition) is 5. The summed E-state index contributed by atoms with van der Waals surface area (Å²) in [6.07, 6.45) is 4.70. The highest BCUT2D eigenvalue weighted by Crippen LogP contribution is 2.21. The molecule has 0 radical (unpaired) electrons. The summed E-state index contributed by atoms with van der Waals surface area (Å²) in [4.78, 5) is 37.0. The van der Waals surface area contributed by atoms with E-state index in [4.69, 9.17) is 0 Å². The minimum absolute atomic E-state index is 0.000336. The molecular formula is C32H37N5O2. The van der Waals surface area contributed by atoms with Gasteiger partial charge in [0.15, 0.2) is 5.78 Å². The second-order valence-corrected chi connectivity index (χ2v) is 11.0. The number of benzene rings is 2. The average Bonchev–Trinajstić information content (AvgIpc) is 3.56. The van der Waals surface area contributed by atoms with Crippen LogP contribution in [0.1, 0.15) is 56.4 Å². The van der Waals surface area contributed by atoms with E-state index in [1.165, 1.54) is 23.1 Å². The molecule has 1 aliphatic rings. The van der Waals surface area contributed by atoms with Gasteiger partial charge in [-0.15, -0.1) is 0 Å². The monoisotopic (exact) mass is 523 g/mol. The smallest absolute Gasteiger partial charge is 0.255 e. The molecule has 1 saturated heterocycles. The first-order valence-corrected chi connectivity index (χ1v) is 13.6. The van der Waals surface area contributed by atoms with E-state index in [1.54, 1.807) is 6.92 Å². The highest BCUT2D eigenvalue weighted by molar-refractivity contribution is 6.04. The molecule has 7 nitrogen and oxygen atoms in total. The summed E-state index contributed by atoms with van der Waals surface area (Å²) >= 11 is 0. The summed E-state index contributed by atoms with van der Waals surface area (Å²) < 4.78 is 0. The number of aromatic amines is 1. The molecule has 1 atom stereocenters. The Balaban J connectivity index is 1.19. The zero-order valence-corrected chi connectivity index (χ0v) is 23.3. The topological polar surface area (TPSA) is 81.3 Å². The number of Topliss-reactive ketones (excluding diaryl/α,β-unsaturated/α-hetero) is 1. The second-order valence-electron chi connectivity index (χ2n) is 11.0. The molecule has 0 aliphatic carbocycles. The van der Waals surface area contributed by atoms with Crippen molar-refractivity contribution in [1.29, 1.82) is 0 Å². The molecule has 39 heavy (non-hydrogen) atoms. The van der Waals surface area contributed by atoms with Crippen LogP contribution in [-0.4, -0.2) is 64.7 Å². The standard InChI is InChI=1S/C32H37N5O2/c1-21-5-12-28(16-26(21)11-8-24-15-27-17-30(22(2)38)35-31(27)33-18-24)34-32(39)25-9-6-23(7-10-25)19-37-14-13-29(20-37)36(3)4/h5-7,9-10,12,15-18,29H,8,11,13-14,19-20H2,1-4H3,(H,33,35)(H,34,39). The SMILES string of the molecule is CC(=O)c1cc2cc(CCc3cc(NC(=O)c4ccc(CN5CCC(N(C)C)C5)cc4)ccc3C)cnc2[nH]1. The second kappa shape index (κ2) is 11.5. The number of nitrogens with zero attached hydrogens (tertiary/aromatic N) is 3. The van der Waals surface area contributed by atoms with E-state index >= 15 is 0 Å². The normalized spacial score (nSPS) is 15.8. The van der Waals surface area contributed by atoms with E-state index in [-0.39, 0.29) is 11.7 Å². The number of hydrogen-bond donors (Lipinski definition) is 2. The van der Waals surface area contributed by atoms with Crippen LogP contribution in [-0.2, 0) is 19.4 Å². The van der Waals surface area contributed by atoms with Crippen molar-refractivity contribution >= 4 is 28.4 Å². The van der Waals surface area contributed by atoms with Gasteiger partial charge in [0, 0.05) is 55.4 Å². The van der Waals surface area contributed by atoms with Crippen molar-refractivity contribution in [1.82, 2.24) is 19.8 Å². The fourth-order valence-corrected chi connectivity index (χ4v) is 5.29. The van der Waals surface area contributed by atoms with Crippen LogP contribution in [0.4, 0.5) is 5.69 Å². The Kier molecular flexibility index (Phi) is 7.91. The number of aromatic nitrogens is 2. The van der Waals surface area contributed by atoms with Gasteiger partial charge in [0.2, 0.25) is 0 Å². The molecule has 7 heteroatoms. The van der Waals surface area contributed by atoms with Crippen molar-refractivity contribution in [2.45, 2.75) is 45.7 Å². The maximum absolute atomic E-state index is 13.0. The number of anilines is 1. The Morgan fingerprint density at radius 3 is 2.56 bits per heavy atom. The largest absolute Gasteiger partial charge is 0.337 e. The van der Waals surface area contributed by atoms with Crippen LogP contribution in [0, 0.1) is 6.92 Å². The summed E-state index contributed by atoms with van der Waals surface area (Å²) in [5.41, 5.74) is 7.46. The molecule has 4 aromatic rings. The van der Waals surface area contributed by atoms with E-state index in [1.807, 2.05) is 30.5 Å². The molecule has 0 spiro atoms. The van der Waals surface area contributed by atoms with Crippen molar-refractivity contribution in [2.75, 3.05) is 32.5 Å². The molecule has 2 N–H and O–H groups in total. The summed E-state index contributed by atoms with van der Waals surface area (Å²) in [6, 6.07) is 18.6. The van der Waals surface area contributed by atoms with Crippen LogP contribution >= 0.6 is 0 Å². The minimum Gasteiger partial charge on any atom is -0.337 e. The number of carbonyl (C=O) groups is 2. The maximum Gasteiger partial charge on any atom is 0.255 e. The van der Waals surface area contributed by atoms with Crippen molar-refractivity contribution in [3.8, 4) is 0 Å². The van der Waals surface area contributed by atoms with Gasteiger partial charge in [-0.05, 0) is 98.9 Å². The van der Waals surface area contributed by atoms with Gasteiger partial charge in [-0.3, -0.25) is 14.5 Å². The Hall–Kier alpha value is -3.81. The third kappa shape index (κ3) is 6.44. The van der Waals surface area contributed by atoms with Gasteiger partial charge in [-0.1, -0.05) is 18.2 Å². The molecule has 0 bridgehead atoms. The van der Waals surface area contributed by atoms with Gasteiger partial charge in [0.05, 0.1) is 5.69 Å². The summed E-state index contributed by atoms with van der Waals surface area (Å²) in [6.45, 7) is 6.75. The predicted octanol–water partition coefficient (Wildman–Crippen LogP) is 5.25. The summed E-state index contributed by atoms with van der Waals surface area (Å²) in [5.74, 6) is -0.103. The van der Waals surface area contributed by atoms with Gasteiger partial charge in [0.1, 0.15) is 5.65 Å². The highest BCUT2D eigenvalue weighted by atomic mass is 16.1. The van der Waals surface area contributed by atoms with Crippen molar-refractivity contribution in [3.63, 3.8) is 0 Å². The third-order valence-corrected chi connectivity index (χ3v) is 7.80. The highest BCUT2D eigenvalue weighted by Gasteiger charge is 2.23. The fourth-order valence-electron chi connectivity index (χ4n) is 5.29. The first-order chi connectivity index (χ1) is 18.7. The summed E-state index contributed by atoms with van der Waals surface area (Å²) in [5, 5.41) is 4.01. The lowest BCUT2D eigenvalue weighted by atomic mass is 10.00. The average molecular weight is 524 g/mol. The Morgan fingerprint density at radius 2 is 1.85 bits per heavy atom. The molecule has 1 fully saturated rings. The number of aryl methyl sites for hydroxylation is 3. The Labute approximate surface area is 230 Å². The fraction of sp³-hybridized carbons (Fsp3) is 0.344. The van der Waals surface area contributed by atoms with E-state index in [9.17, 15) is 9.59 Å². The van der Waals surface area contributed by atoms with Crippen LogP contribution in [0.3, 0.4) is 0 Å². The predicted molar refractivity (Wildman–Crippen MR) is 156 cm³/mol. The van der Waals surface area contributed by atoms with E-state index < -0.39 is 0 Å². The maximum atomic E-state index is 13.0. The Morgan fingerprint density at radius 1 is 1.05 bits per heavy atom. The lowest BCUT2D eigenvalue weighted by Gasteiger charge is -2.20. The van der Waals surface area contributed by atoms with E-state index in [0.717, 1.165) is 54.8 Å². The zero-order valence-electron chi connectivity index (χ0n) is 23.3. The number of nitrogens with one attached hydrogen (secondary N) is 2. The molecule has 5 rings (SSSR count). The quantitative estimate of drug-likeness (QED) is 0.293. The first kappa shape index (κ1) is 26.8. The van der Waals surface area contributed by atoms with Crippen LogP contribution in [0.5, 0.6) is 0 Å². The van der Waals surface area contributed by atoms with E-state index in [2.05, 4.69) is 76.4 Å². The number of fused-ring (bicyclic) bond motifs is 1. The molecule has 1 amide bonds. The molecule has 0 saturated carbocycles. The number of rotatable bonds is 9. The van der Waals surface area contributed by atoms with Crippen molar-refractivity contribution in [2.24, 2.45) is 0 Å². The van der Waals surface area contributed by atoms with Crippen LogP contribution in [0.15, 0.2) is 60.8 Å². The molecule has 3 heterocycles. The third-order valence-electron chi connectivity index (χ3n) is 7.80. The molecule has 2 aromatic heterocycles. The lowest BCUT2D eigenvalue weighted by Crippen LogP contribution is -2.31. The van der Waals surface area contributed by atoms with Gasteiger partial charge in [0.25, 0.3) is 5.91 Å². The zero-order chi connectivity index (χ0) is 27.5. The number of carbonyl (C=O) groups excluding carboxylic acids is 2. The number of ketones is 1. The van der Waals surface area contributed by atoms with Gasteiger partial charge in [-0.2, -0.15) is 0 Å². The summed E-state index contributed by atoms with van der Waals surface area (Å²) in [7, 11) is 4.29. The minimum atomic E-state index is -0.103. The molecule has 1 aliphatic heterocycles. The van der Waals surface area contributed by atoms with Crippen molar-refractivity contribution < 1.29 is 9.59 Å². The van der Waals surface area contributed by atoms with Crippen LogP contribution in [0.2, 0.25) is 0 Å². The molecular weight excluding hydrogens is 486 g/mol.